The standard InChI is InChI=1S/C16H24N2O4/c1-3-5-10-22-14-8-6-13(7-9-14)18-16(21)17-12(4-2)11-15(19)20/h6-9,12H,3-5,10-11H2,1-2H3,(H,19,20)(H2,17,18,21). The summed E-state index contributed by atoms with van der Waals surface area (Å²) in [6, 6.07) is 6.29. The molecule has 0 saturated carbocycles. The highest BCUT2D eigenvalue weighted by molar-refractivity contribution is 5.89. The minimum absolute atomic E-state index is 0.0892. The number of unbranched alkanes of at least 4 members (excludes halogenated alkanes) is 1. The van der Waals surface area contributed by atoms with Crippen LogP contribution in [0.2, 0.25) is 0 Å². The van der Waals surface area contributed by atoms with Crippen LogP contribution in [0.4, 0.5) is 10.5 Å². The second-order valence-corrected chi connectivity index (χ2v) is 5.03. The van der Waals surface area contributed by atoms with Crippen LogP contribution < -0.4 is 15.4 Å². The lowest BCUT2D eigenvalue weighted by molar-refractivity contribution is -0.137. The van der Waals surface area contributed by atoms with Gasteiger partial charge in [0.1, 0.15) is 5.75 Å². The third-order valence-corrected chi connectivity index (χ3v) is 3.13. The van der Waals surface area contributed by atoms with Gasteiger partial charge in [0.05, 0.1) is 13.0 Å². The SMILES string of the molecule is CCCCOc1ccc(NC(=O)NC(CC)CC(=O)O)cc1. The zero-order valence-corrected chi connectivity index (χ0v) is 13.1. The van der Waals surface area contributed by atoms with E-state index in [1.807, 2.05) is 6.92 Å². The lowest BCUT2D eigenvalue weighted by Gasteiger charge is -2.15. The number of carboxylic acids is 1. The zero-order valence-electron chi connectivity index (χ0n) is 13.1. The van der Waals surface area contributed by atoms with Gasteiger partial charge in [0, 0.05) is 11.7 Å². The summed E-state index contributed by atoms with van der Waals surface area (Å²) in [4.78, 5) is 22.5. The van der Waals surface area contributed by atoms with E-state index in [2.05, 4.69) is 17.6 Å². The molecule has 0 spiro atoms. The van der Waals surface area contributed by atoms with Crippen LogP contribution in [0.1, 0.15) is 39.5 Å². The van der Waals surface area contributed by atoms with E-state index in [-0.39, 0.29) is 12.5 Å². The molecule has 0 fully saturated rings. The van der Waals surface area contributed by atoms with Crippen molar-refractivity contribution in [3.63, 3.8) is 0 Å². The summed E-state index contributed by atoms with van der Waals surface area (Å²) < 4.78 is 5.54. The number of hydrogen-bond acceptors (Lipinski definition) is 3. The first-order valence-electron chi connectivity index (χ1n) is 7.57. The lowest BCUT2D eigenvalue weighted by atomic mass is 10.1. The molecule has 6 nitrogen and oxygen atoms in total. The summed E-state index contributed by atoms with van der Waals surface area (Å²) in [6.45, 7) is 4.61. The van der Waals surface area contributed by atoms with E-state index in [4.69, 9.17) is 9.84 Å². The van der Waals surface area contributed by atoms with Crippen LogP contribution in [0.3, 0.4) is 0 Å². The highest BCUT2D eigenvalue weighted by Gasteiger charge is 2.13. The first-order chi connectivity index (χ1) is 10.5. The van der Waals surface area contributed by atoms with Crippen LogP contribution in [-0.4, -0.2) is 29.8 Å². The molecule has 6 heteroatoms. The normalized spacial score (nSPS) is 11.5. The molecule has 3 N–H and O–H groups in total. The van der Waals surface area contributed by atoms with Gasteiger partial charge in [0.2, 0.25) is 0 Å². The molecule has 1 aromatic rings. The number of aliphatic carboxylic acids is 1. The average molecular weight is 308 g/mol. The molecule has 122 valence electrons. The van der Waals surface area contributed by atoms with Gasteiger partial charge < -0.3 is 20.5 Å². The number of ether oxygens (including phenoxy) is 1. The Morgan fingerprint density at radius 3 is 2.45 bits per heavy atom. The molecule has 0 heterocycles. The van der Waals surface area contributed by atoms with Gasteiger partial charge in [-0.15, -0.1) is 0 Å². The van der Waals surface area contributed by atoms with Crippen molar-refractivity contribution in [1.82, 2.24) is 5.32 Å². The van der Waals surface area contributed by atoms with Crippen LogP contribution in [0.15, 0.2) is 24.3 Å². The zero-order chi connectivity index (χ0) is 16.4. The van der Waals surface area contributed by atoms with Gasteiger partial charge in [0.15, 0.2) is 0 Å². The minimum Gasteiger partial charge on any atom is -0.494 e. The van der Waals surface area contributed by atoms with Gasteiger partial charge in [-0.2, -0.15) is 0 Å². The Balaban J connectivity index is 2.45. The largest absolute Gasteiger partial charge is 0.494 e. The summed E-state index contributed by atoms with van der Waals surface area (Å²) in [5.74, 6) is -0.169. The number of anilines is 1. The molecule has 1 rings (SSSR count). The molecule has 0 aliphatic heterocycles. The summed E-state index contributed by atoms with van der Waals surface area (Å²) in [5, 5.41) is 14.1. The van der Waals surface area contributed by atoms with Crippen LogP contribution in [0, 0.1) is 0 Å². The second-order valence-electron chi connectivity index (χ2n) is 5.03. The van der Waals surface area contributed by atoms with Crippen molar-refractivity contribution in [1.29, 1.82) is 0 Å². The van der Waals surface area contributed by atoms with Crippen molar-refractivity contribution in [2.45, 2.75) is 45.6 Å². The first kappa shape index (κ1) is 17.8. The molecular weight excluding hydrogens is 284 g/mol. The Hall–Kier alpha value is -2.24. The van der Waals surface area contributed by atoms with E-state index < -0.39 is 12.0 Å². The fourth-order valence-electron chi connectivity index (χ4n) is 1.83. The summed E-state index contributed by atoms with van der Waals surface area (Å²) >= 11 is 0. The Bertz CT molecular complexity index is 474. The van der Waals surface area contributed by atoms with Gasteiger partial charge in [-0.25, -0.2) is 4.79 Å². The van der Waals surface area contributed by atoms with Gasteiger partial charge >= 0.3 is 12.0 Å². The van der Waals surface area contributed by atoms with Gasteiger partial charge in [0.25, 0.3) is 0 Å². The Kier molecular flexibility index (Phi) is 7.81. The van der Waals surface area contributed by atoms with Crippen molar-refractivity contribution >= 4 is 17.7 Å². The minimum atomic E-state index is -0.930. The van der Waals surface area contributed by atoms with E-state index in [0.717, 1.165) is 18.6 Å². The van der Waals surface area contributed by atoms with Crippen molar-refractivity contribution in [2.75, 3.05) is 11.9 Å². The fourth-order valence-corrected chi connectivity index (χ4v) is 1.83. The van der Waals surface area contributed by atoms with Crippen LogP contribution in [-0.2, 0) is 4.79 Å². The number of benzene rings is 1. The number of carbonyl (C=O) groups is 2. The average Bonchev–Trinajstić information content (AvgIpc) is 2.48. The Morgan fingerprint density at radius 1 is 1.23 bits per heavy atom. The summed E-state index contributed by atoms with van der Waals surface area (Å²) in [6.07, 6.45) is 2.55. The van der Waals surface area contributed by atoms with Crippen molar-refractivity contribution < 1.29 is 19.4 Å². The molecule has 2 amide bonds. The van der Waals surface area contributed by atoms with E-state index in [0.29, 0.717) is 18.7 Å². The molecule has 0 radical (unpaired) electrons. The van der Waals surface area contributed by atoms with E-state index in [1.165, 1.54) is 0 Å². The molecule has 1 atom stereocenters. The van der Waals surface area contributed by atoms with E-state index >= 15 is 0 Å². The predicted molar refractivity (Wildman–Crippen MR) is 85.3 cm³/mol. The van der Waals surface area contributed by atoms with E-state index in [1.54, 1.807) is 24.3 Å². The highest BCUT2D eigenvalue weighted by Crippen LogP contribution is 2.16. The second kappa shape index (κ2) is 9.65. The predicted octanol–water partition coefficient (Wildman–Crippen LogP) is 3.24. The molecule has 0 saturated heterocycles. The summed E-state index contributed by atoms with van der Waals surface area (Å²) in [7, 11) is 0. The molecule has 22 heavy (non-hydrogen) atoms. The number of nitrogens with one attached hydrogen (secondary N) is 2. The molecule has 0 bridgehead atoms. The maximum Gasteiger partial charge on any atom is 0.319 e. The Labute approximate surface area is 130 Å². The van der Waals surface area contributed by atoms with Gasteiger partial charge in [-0.05, 0) is 37.1 Å². The monoisotopic (exact) mass is 308 g/mol. The first-order valence-corrected chi connectivity index (χ1v) is 7.57. The molecule has 1 unspecified atom stereocenters. The van der Waals surface area contributed by atoms with Gasteiger partial charge in [-0.3, -0.25) is 4.79 Å². The number of urea groups is 1. The lowest BCUT2D eigenvalue weighted by Crippen LogP contribution is -2.38. The van der Waals surface area contributed by atoms with Crippen molar-refractivity contribution in [3.05, 3.63) is 24.3 Å². The number of carboxylic acid groups (broad SMARTS) is 1. The number of hydrogen-bond donors (Lipinski definition) is 3. The van der Waals surface area contributed by atoms with E-state index in [9.17, 15) is 9.59 Å². The topological polar surface area (TPSA) is 87.7 Å². The molecule has 0 aromatic heterocycles. The van der Waals surface area contributed by atoms with Crippen LogP contribution in [0.5, 0.6) is 5.75 Å². The molecule has 1 aromatic carbocycles. The quantitative estimate of drug-likeness (QED) is 0.611. The molecule has 0 aliphatic carbocycles. The van der Waals surface area contributed by atoms with Crippen molar-refractivity contribution in [3.8, 4) is 5.75 Å². The smallest absolute Gasteiger partial charge is 0.319 e. The van der Waals surface area contributed by atoms with Crippen LogP contribution in [0.25, 0.3) is 0 Å². The third-order valence-electron chi connectivity index (χ3n) is 3.13. The third kappa shape index (κ3) is 6.97. The Morgan fingerprint density at radius 2 is 1.91 bits per heavy atom. The number of rotatable bonds is 9. The molecular formula is C16H24N2O4. The van der Waals surface area contributed by atoms with Crippen molar-refractivity contribution in [2.24, 2.45) is 0 Å². The number of amides is 2. The highest BCUT2D eigenvalue weighted by atomic mass is 16.5. The maximum absolute atomic E-state index is 11.8. The van der Waals surface area contributed by atoms with Crippen LogP contribution >= 0.6 is 0 Å². The maximum atomic E-state index is 11.8. The molecule has 0 aliphatic rings. The fraction of sp³-hybridized carbons (Fsp3) is 0.500. The number of carbonyl (C=O) groups excluding carboxylic acids is 1. The summed E-state index contributed by atoms with van der Waals surface area (Å²) in [5.41, 5.74) is 0.630. The van der Waals surface area contributed by atoms with Gasteiger partial charge in [-0.1, -0.05) is 20.3 Å².